The topological polar surface area (TPSA) is 6.48 Å². The van der Waals surface area contributed by atoms with E-state index in [-0.39, 0.29) is 0 Å². The summed E-state index contributed by atoms with van der Waals surface area (Å²) < 4.78 is 0. The minimum absolute atomic E-state index is 0.365. The summed E-state index contributed by atoms with van der Waals surface area (Å²) in [5, 5.41) is 0. The lowest BCUT2D eigenvalue weighted by atomic mass is 10.0. The normalized spacial score (nSPS) is 21.6. The zero-order valence-corrected chi connectivity index (χ0v) is 17.6. The van der Waals surface area contributed by atoms with Crippen molar-refractivity contribution in [3.05, 3.63) is 63.4 Å². The van der Waals surface area contributed by atoms with Crippen LogP contribution in [0.3, 0.4) is 0 Å². The van der Waals surface area contributed by atoms with E-state index in [9.17, 15) is 0 Å². The molecule has 2 heteroatoms. The molecule has 1 aliphatic carbocycles. The Kier molecular flexibility index (Phi) is 5.32. The first-order chi connectivity index (χ1) is 12.3. The van der Waals surface area contributed by atoms with Crippen LogP contribution in [0.25, 0.3) is 0 Å². The van der Waals surface area contributed by atoms with Crippen molar-refractivity contribution in [2.45, 2.75) is 67.5 Å². The third-order valence-corrected chi connectivity index (χ3v) is 5.85. The highest BCUT2D eigenvalue weighted by Crippen LogP contribution is 2.35. The second kappa shape index (κ2) is 7.34. The Morgan fingerprint density at radius 3 is 2.15 bits per heavy atom. The van der Waals surface area contributed by atoms with E-state index in [1.54, 1.807) is 0 Å². The maximum atomic E-state index is 2.62. The standard InChI is InChI=1S/C24H34N2/c1-16-9-10-18(3)23(19(4)13-16)25-11-8-12-26(22(25)7)24-20(5)14-17(2)15-21(24)6/h10,13-15,22H,8-9,11-12H2,1-7H3. The fraction of sp³-hybridized carbons (Fsp3) is 0.500. The molecule has 1 heterocycles. The Balaban J connectivity index is 2.01. The van der Waals surface area contributed by atoms with E-state index in [1.165, 1.54) is 51.2 Å². The van der Waals surface area contributed by atoms with Gasteiger partial charge in [0.1, 0.15) is 0 Å². The fourth-order valence-electron chi connectivity index (χ4n) is 4.85. The van der Waals surface area contributed by atoms with E-state index in [0.717, 1.165) is 19.5 Å². The van der Waals surface area contributed by atoms with Crippen LogP contribution in [0.2, 0.25) is 0 Å². The highest BCUT2D eigenvalue weighted by Gasteiger charge is 2.30. The average molecular weight is 351 g/mol. The van der Waals surface area contributed by atoms with Crippen molar-refractivity contribution in [3.8, 4) is 0 Å². The zero-order chi connectivity index (χ0) is 19.0. The van der Waals surface area contributed by atoms with Gasteiger partial charge in [0.2, 0.25) is 0 Å². The summed E-state index contributed by atoms with van der Waals surface area (Å²) >= 11 is 0. The molecule has 1 fully saturated rings. The van der Waals surface area contributed by atoms with Crippen LogP contribution in [0.5, 0.6) is 0 Å². The van der Waals surface area contributed by atoms with Gasteiger partial charge in [-0.3, -0.25) is 0 Å². The molecular weight excluding hydrogens is 316 g/mol. The van der Waals surface area contributed by atoms with E-state index in [2.05, 4.69) is 82.6 Å². The number of hydrogen-bond donors (Lipinski definition) is 0. The van der Waals surface area contributed by atoms with Crippen LogP contribution < -0.4 is 4.90 Å². The fourth-order valence-corrected chi connectivity index (χ4v) is 4.85. The third kappa shape index (κ3) is 3.47. The summed E-state index contributed by atoms with van der Waals surface area (Å²) in [6.45, 7) is 18.1. The molecule has 26 heavy (non-hydrogen) atoms. The summed E-state index contributed by atoms with van der Waals surface area (Å²) in [4.78, 5) is 5.24. The molecule has 1 unspecified atom stereocenters. The Bertz CT molecular complexity index is 771. The van der Waals surface area contributed by atoms with Crippen molar-refractivity contribution in [2.24, 2.45) is 0 Å². The first kappa shape index (κ1) is 18.8. The number of aryl methyl sites for hydroxylation is 3. The van der Waals surface area contributed by atoms with Gasteiger partial charge < -0.3 is 9.80 Å². The van der Waals surface area contributed by atoms with E-state index in [4.69, 9.17) is 0 Å². The smallest absolute Gasteiger partial charge is 0.0987 e. The molecule has 3 rings (SSSR count). The van der Waals surface area contributed by atoms with E-state index in [1.807, 2.05) is 0 Å². The minimum atomic E-state index is 0.365. The molecule has 0 amide bonds. The molecule has 0 bridgehead atoms. The molecule has 1 saturated heterocycles. The summed E-state index contributed by atoms with van der Waals surface area (Å²) in [5.41, 5.74) is 11.3. The molecule has 1 atom stereocenters. The summed E-state index contributed by atoms with van der Waals surface area (Å²) in [6.07, 6.45) is 7.39. The molecule has 0 spiro atoms. The van der Waals surface area contributed by atoms with E-state index >= 15 is 0 Å². The summed E-state index contributed by atoms with van der Waals surface area (Å²) in [6, 6.07) is 4.64. The van der Waals surface area contributed by atoms with E-state index < -0.39 is 0 Å². The van der Waals surface area contributed by atoms with Gasteiger partial charge in [-0.15, -0.1) is 0 Å². The Hall–Kier alpha value is -1.96. The summed E-state index contributed by atoms with van der Waals surface area (Å²) in [7, 11) is 0. The molecule has 0 N–H and O–H groups in total. The largest absolute Gasteiger partial charge is 0.351 e. The van der Waals surface area contributed by atoms with Gasteiger partial charge in [-0.25, -0.2) is 0 Å². The lowest BCUT2D eigenvalue weighted by molar-refractivity contribution is 0.225. The Morgan fingerprint density at radius 2 is 1.50 bits per heavy atom. The van der Waals surface area contributed by atoms with Crippen LogP contribution in [0, 0.1) is 20.8 Å². The zero-order valence-electron chi connectivity index (χ0n) is 17.6. The van der Waals surface area contributed by atoms with Crippen LogP contribution in [0.4, 0.5) is 5.69 Å². The number of hydrogen-bond acceptors (Lipinski definition) is 2. The quantitative estimate of drug-likeness (QED) is 0.641. The second-order valence-electron chi connectivity index (χ2n) is 8.23. The van der Waals surface area contributed by atoms with Crippen molar-refractivity contribution >= 4 is 5.69 Å². The first-order valence-electron chi connectivity index (χ1n) is 9.96. The highest BCUT2D eigenvalue weighted by molar-refractivity contribution is 5.61. The average Bonchev–Trinajstić information content (AvgIpc) is 2.67. The molecule has 0 aromatic heterocycles. The molecule has 1 aromatic rings. The number of nitrogens with zero attached hydrogens (tertiary/aromatic N) is 2. The maximum Gasteiger partial charge on any atom is 0.0987 e. The van der Waals surface area contributed by atoms with Crippen molar-refractivity contribution in [2.75, 3.05) is 18.0 Å². The van der Waals surface area contributed by atoms with Gasteiger partial charge >= 0.3 is 0 Å². The first-order valence-corrected chi connectivity index (χ1v) is 9.96. The molecule has 0 saturated carbocycles. The maximum absolute atomic E-state index is 2.62. The molecule has 1 aliphatic heterocycles. The number of benzene rings is 1. The van der Waals surface area contributed by atoms with Gasteiger partial charge in [-0.1, -0.05) is 35.4 Å². The minimum Gasteiger partial charge on any atom is -0.351 e. The monoisotopic (exact) mass is 350 g/mol. The molecule has 2 nitrogen and oxygen atoms in total. The predicted octanol–water partition coefficient (Wildman–Crippen LogP) is 6.04. The molecule has 0 radical (unpaired) electrons. The van der Waals surface area contributed by atoms with Gasteiger partial charge in [0.05, 0.1) is 6.17 Å². The molecular formula is C24H34N2. The third-order valence-electron chi connectivity index (χ3n) is 5.85. The SMILES string of the molecule is CC1=CC(C)=C(N2CCCN(c3c(C)cc(C)cc3C)C2C)C(C)=CC1. The highest BCUT2D eigenvalue weighted by atomic mass is 15.4. The summed E-state index contributed by atoms with van der Waals surface area (Å²) in [5.74, 6) is 0. The van der Waals surface area contributed by atoms with E-state index in [0.29, 0.717) is 6.17 Å². The number of allylic oxidation sites excluding steroid dienone is 5. The van der Waals surface area contributed by atoms with Crippen molar-refractivity contribution in [3.63, 3.8) is 0 Å². The van der Waals surface area contributed by atoms with Crippen LogP contribution in [-0.2, 0) is 0 Å². The van der Waals surface area contributed by atoms with Crippen molar-refractivity contribution in [1.29, 1.82) is 0 Å². The Morgan fingerprint density at radius 1 is 0.885 bits per heavy atom. The van der Waals surface area contributed by atoms with Crippen molar-refractivity contribution < 1.29 is 0 Å². The van der Waals surface area contributed by atoms with Gasteiger partial charge in [0, 0.05) is 24.5 Å². The lowest BCUT2D eigenvalue weighted by Gasteiger charge is -2.47. The second-order valence-corrected chi connectivity index (χ2v) is 8.23. The molecule has 1 aromatic carbocycles. The van der Waals surface area contributed by atoms with Crippen LogP contribution in [0.15, 0.2) is 46.7 Å². The van der Waals surface area contributed by atoms with Gasteiger partial charge in [-0.05, 0) is 83.6 Å². The molecule has 140 valence electrons. The molecule has 2 aliphatic rings. The number of anilines is 1. The van der Waals surface area contributed by atoms with Crippen LogP contribution in [0.1, 0.15) is 57.2 Å². The lowest BCUT2D eigenvalue weighted by Crippen LogP contribution is -2.52. The van der Waals surface area contributed by atoms with Gasteiger partial charge in [-0.2, -0.15) is 0 Å². The van der Waals surface area contributed by atoms with Gasteiger partial charge in [0.15, 0.2) is 0 Å². The van der Waals surface area contributed by atoms with Crippen LogP contribution >= 0.6 is 0 Å². The predicted molar refractivity (Wildman–Crippen MR) is 114 cm³/mol. The van der Waals surface area contributed by atoms with Crippen molar-refractivity contribution in [1.82, 2.24) is 4.90 Å². The van der Waals surface area contributed by atoms with Gasteiger partial charge in [0.25, 0.3) is 0 Å². The number of rotatable bonds is 2. The van der Waals surface area contributed by atoms with Crippen LogP contribution in [-0.4, -0.2) is 24.2 Å². The Labute approximate surface area is 159 Å².